The van der Waals surface area contributed by atoms with Gasteiger partial charge < -0.3 is 9.30 Å². The highest BCUT2D eigenvalue weighted by atomic mass is 35.5. The molecule has 0 aliphatic carbocycles. The lowest BCUT2D eigenvalue weighted by Gasteiger charge is -2.15. The minimum atomic E-state index is -4.60. The Balaban J connectivity index is 2.23. The molecule has 1 aromatic carbocycles. The van der Waals surface area contributed by atoms with Crippen LogP contribution in [0, 0.1) is 0 Å². The second-order valence-electron chi connectivity index (χ2n) is 5.39. The van der Waals surface area contributed by atoms with E-state index in [2.05, 4.69) is 5.10 Å². The molecule has 0 fully saturated rings. The molecule has 27 heavy (non-hydrogen) atoms. The molecule has 0 atom stereocenters. The van der Waals surface area contributed by atoms with Crippen LogP contribution in [0.2, 0.25) is 10.0 Å². The number of hydrogen-bond acceptors (Lipinski definition) is 3. The molecular weight excluding hydrogens is 406 g/mol. The number of hydrogen-bond donors (Lipinski definition) is 0. The van der Waals surface area contributed by atoms with Crippen molar-refractivity contribution >= 4 is 29.2 Å². The van der Waals surface area contributed by atoms with Crippen LogP contribution in [0.5, 0.6) is 0 Å². The minimum Gasteiger partial charge on any atom is -0.462 e. The molecule has 2 heterocycles. The largest absolute Gasteiger partial charge is 0.462 e. The van der Waals surface area contributed by atoms with Crippen LogP contribution in [-0.4, -0.2) is 26.9 Å². The van der Waals surface area contributed by atoms with E-state index in [-0.39, 0.29) is 33.7 Å². The van der Waals surface area contributed by atoms with Crippen LogP contribution in [0.4, 0.5) is 13.2 Å². The van der Waals surface area contributed by atoms with E-state index < -0.39 is 17.7 Å². The van der Waals surface area contributed by atoms with E-state index >= 15 is 0 Å². The number of halogens is 5. The Bertz CT molecular complexity index is 959. The molecule has 3 aromatic rings. The molecule has 0 amide bonds. The maximum absolute atomic E-state index is 13.0. The van der Waals surface area contributed by atoms with Gasteiger partial charge in [0.1, 0.15) is 11.3 Å². The van der Waals surface area contributed by atoms with Crippen LogP contribution in [0.1, 0.15) is 22.8 Å². The van der Waals surface area contributed by atoms with Crippen molar-refractivity contribution in [3.8, 4) is 11.5 Å². The molecule has 0 radical (unpaired) electrons. The Kier molecular flexibility index (Phi) is 5.21. The van der Waals surface area contributed by atoms with Gasteiger partial charge in [0.05, 0.1) is 28.4 Å². The second kappa shape index (κ2) is 7.28. The third-order valence-corrected chi connectivity index (χ3v) is 4.22. The summed E-state index contributed by atoms with van der Waals surface area (Å²) < 4.78 is 46.7. The van der Waals surface area contributed by atoms with E-state index in [1.54, 1.807) is 36.0 Å². The van der Waals surface area contributed by atoms with Gasteiger partial charge >= 0.3 is 12.1 Å². The van der Waals surface area contributed by atoms with Gasteiger partial charge in [-0.2, -0.15) is 18.3 Å². The lowest BCUT2D eigenvalue weighted by atomic mass is 10.2. The summed E-state index contributed by atoms with van der Waals surface area (Å²) in [5.41, 5.74) is -0.854. The minimum absolute atomic E-state index is 0.0191. The highest BCUT2D eigenvalue weighted by molar-refractivity contribution is 6.38. The normalized spacial score (nSPS) is 11.6. The molecule has 0 saturated heterocycles. The van der Waals surface area contributed by atoms with Gasteiger partial charge in [-0.05, 0) is 31.2 Å². The second-order valence-corrected chi connectivity index (χ2v) is 6.21. The molecule has 142 valence electrons. The van der Waals surface area contributed by atoms with E-state index in [4.69, 9.17) is 27.9 Å². The Labute approximate surface area is 161 Å². The first-order valence-electron chi connectivity index (χ1n) is 7.69. The summed E-state index contributed by atoms with van der Waals surface area (Å²) in [4.78, 5) is 12.3. The number of benzene rings is 1. The Morgan fingerprint density at radius 1 is 1.19 bits per heavy atom. The summed E-state index contributed by atoms with van der Waals surface area (Å²) in [5.74, 6) is -0.395. The first-order valence-corrected chi connectivity index (χ1v) is 8.44. The van der Waals surface area contributed by atoms with Crippen LogP contribution in [0.25, 0.3) is 11.5 Å². The molecule has 0 bridgehead atoms. The zero-order chi connectivity index (χ0) is 19.8. The van der Waals surface area contributed by atoms with Crippen molar-refractivity contribution < 1.29 is 22.7 Å². The maximum atomic E-state index is 13.0. The smallest absolute Gasteiger partial charge is 0.416 e. The first kappa shape index (κ1) is 19.3. The van der Waals surface area contributed by atoms with Crippen molar-refractivity contribution in [2.75, 3.05) is 6.61 Å². The first-order chi connectivity index (χ1) is 12.7. The fraction of sp³-hybridized carbons (Fsp3) is 0.176. The molecule has 0 spiro atoms. The predicted octanol–water partition coefficient (Wildman–Crippen LogP) is 5.17. The van der Waals surface area contributed by atoms with Crippen LogP contribution in [0.15, 0.2) is 42.9 Å². The van der Waals surface area contributed by atoms with Gasteiger partial charge in [-0.25, -0.2) is 9.48 Å². The van der Waals surface area contributed by atoms with Crippen molar-refractivity contribution in [1.29, 1.82) is 0 Å². The molecule has 0 aliphatic rings. The van der Waals surface area contributed by atoms with Crippen LogP contribution < -0.4 is 0 Å². The predicted molar refractivity (Wildman–Crippen MR) is 93.9 cm³/mol. The quantitative estimate of drug-likeness (QED) is 0.550. The number of nitrogens with zero attached hydrogens (tertiary/aromatic N) is 3. The van der Waals surface area contributed by atoms with Crippen molar-refractivity contribution in [2.45, 2.75) is 13.1 Å². The van der Waals surface area contributed by atoms with Gasteiger partial charge in [0, 0.05) is 12.4 Å². The monoisotopic (exact) mass is 417 g/mol. The summed E-state index contributed by atoms with van der Waals surface area (Å²) in [6.45, 7) is 1.80. The molecule has 0 aliphatic heterocycles. The molecule has 0 unspecified atom stereocenters. The van der Waals surface area contributed by atoms with E-state index in [9.17, 15) is 18.0 Å². The van der Waals surface area contributed by atoms with Crippen molar-refractivity contribution in [1.82, 2.24) is 14.3 Å². The van der Waals surface area contributed by atoms with E-state index in [0.29, 0.717) is 0 Å². The van der Waals surface area contributed by atoms with Gasteiger partial charge in [-0.15, -0.1) is 0 Å². The fourth-order valence-electron chi connectivity index (χ4n) is 2.51. The number of carbonyl (C=O) groups excluding carboxylic acids is 1. The number of rotatable bonds is 4. The standard InChI is InChI=1S/C17H12Cl2F3N3O2/c1-2-27-16(26)11-9-23-25(15(11)24-5-3-4-6-24)14-12(18)7-10(8-13(14)19)17(20,21)22/h3-9H,2H2,1H3. The number of esters is 1. The zero-order valence-electron chi connectivity index (χ0n) is 13.8. The molecule has 10 heteroatoms. The summed E-state index contributed by atoms with van der Waals surface area (Å²) in [6, 6.07) is 4.94. The SMILES string of the molecule is CCOC(=O)c1cnn(-c2c(Cl)cc(C(F)(F)F)cc2Cl)c1-n1cccc1. The average Bonchev–Trinajstić information content (AvgIpc) is 3.22. The Morgan fingerprint density at radius 2 is 1.78 bits per heavy atom. The van der Waals surface area contributed by atoms with Gasteiger partial charge in [0.2, 0.25) is 0 Å². The number of carbonyl (C=O) groups is 1. The molecule has 2 aromatic heterocycles. The zero-order valence-corrected chi connectivity index (χ0v) is 15.3. The van der Waals surface area contributed by atoms with E-state index in [1.165, 1.54) is 10.9 Å². The highest BCUT2D eigenvalue weighted by Crippen LogP contribution is 2.38. The summed E-state index contributed by atoms with van der Waals surface area (Å²) in [7, 11) is 0. The van der Waals surface area contributed by atoms with Crippen LogP contribution >= 0.6 is 23.2 Å². The van der Waals surface area contributed by atoms with Gasteiger partial charge in [0.25, 0.3) is 0 Å². The highest BCUT2D eigenvalue weighted by Gasteiger charge is 2.33. The topological polar surface area (TPSA) is 49.0 Å². The third kappa shape index (κ3) is 3.68. The Hall–Kier alpha value is -2.45. The number of alkyl halides is 3. The number of aromatic nitrogens is 3. The lowest BCUT2D eigenvalue weighted by molar-refractivity contribution is -0.137. The summed E-state index contributed by atoms with van der Waals surface area (Å²) in [6.07, 6.45) is -0.0722. The van der Waals surface area contributed by atoms with Crippen LogP contribution in [0.3, 0.4) is 0 Å². The van der Waals surface area contributed by atoms with Gasteiger partial charge in [0.15, 0.2) is 5.82 Å². The van der Waals surface area contributed by atoms with Crippen molar-refractivity contribution in [3.63, 3.8) is 0 Å². The molecule has 5 nitrogen and oxygen atoms in total. The molecule has 0 N–H and O–H groups in total. The molecule has 0 saturated carbocycles. The number of ether oxygens (including phenoxy) is 1. The van der Waals surface area contributed by atoms with Crippen molar-refractivity contribution in [3.05, 3.63) is 64.0 Å². The van der Waals surface area contributed by atoms with Gasteiger partial charge in [-0.1, -0.05) is 23.2 Å². The van der Waals surface area contributed by atoms with E-state index in [1.807, 2.05) is 0 Å². The third-order valence-electron chi connectivity index (χ3n) is 3.64. The van der Waals surface area contributed by atoms with Gasteiger partial charge in [-0.3, -0.25) is 0 Å². The molecule has 3 rings (SSSR count). The van der Waals surface area contributed by atoms with Crippen molar-refractivity contribution in [2.24, 2.45) is 0 Å². The fourth-order valence-corrected chi connectivity index (χ4v) is 3.16. The maximum Gasteiger partial charge on any atom is 0.416 e. The Morgan fingerprint density at radius 3 is 2.30 bits per heavy atom. The summed E-state index contributed by atoms with van der Waals surface area (Å²) in [5, 5.41) is 3.58. The van der Waals surface area contributed by atoms with E-state index in [0.717, 1.165) is 12.1 Å². The average molecular weight is 418 g/mol. The summed E-state index contributed by atoms with van der Waals surface area (Å²) >= 11 is 12.2. The molecular formula is C17H12Cl2F3N3O2. The van der Waals surface area contributed by atoms with Crippen LogP contribution in [-0.2, 0) is 10.9 Å². The lowest BCUT2D eigenvalue weighted by Crippen LogP contribution is -2.12.